The number of esters is 2. The molecular weight excluding hydrogens is 537 g/mol. The summed E-state index contributed by atoms with van der Waals surface area (Å²) in [5, 5.41) is 0. The Morgan fingerprint density at radius 2 is 0.825 bits per heavy atom. The smallest absolute Gasteiger partial charge is 0.339 e. The van der Waals surface area contributed by atoms with Crippen LogP contribution < -0.4 is 0 Å². The summed E-state index contributed by atoms with van der Waals surface area (Å²) in [6.45, 7) is 5.37. The second-order valence-electron chi connectivity index (χ2n) is 10.4. The number of hydrogen-bond donors (Lipinski definition) is 0. The molecule has 0 aliphatic carbocycles. The molecule has 0 aromatic heterocycles. The standard InChI is InChI=1S/C34H50O4S2/c1-3-5-7-9-11-13-15-21-27-37-33(35)29-23-17-19-25-31(29)39-40-32-26-20-18-24-30(32)34(36)38-28-22-16-14-12-10-8-6-4-2/h17-20,23-26H,3-16,21-22,27-28H2,1-2H3. The van der Waals surface area contributed by atoms with E-state index in [4.69, 9.17) is 9.47 Å². The van der Waals surface area contributed by atoms with Crippen LogP contribution in [0.1, 0.15) is 137 Å². The predicted octanol–water partition coefficient (Wildman–Crippen LogP) is 11.1. The average molecular weight is 587 g/mol. The van der Waals surface area contributed by atoms with Gasteiger partial charge in [-0.05, 0) is 37.1 Å². The molecule has 0 spiro atoms. The molecule has 40 heavy (non-hydrogen) atoms. The second kappa shape index (κ2) is 22.7. The Kier molecular flexibility index (Phi) is 19.5. The fraction of sp³-hybridized carbons (Fsp3) is 0.588. The molecule has 0 atom stereocenters. The summed E-state index contributed by atoms with van der Waals surface area (Å²) >= 11 is 0. The Morgan fingerprint density at radius 3 is 1.20 bits per heavy atom. The summed E-state index contributed by atoms with van der Waals surface area (Å²) in [6.07, 6.45) is 19.3. The van der Waals surface area contributed by atoms with E-state index in [9.17, 15) is 9.59 Å². The molecule has 0 saturated heterocycles. The summed E-state index contributed by atoms with van der Waals surface area (Å²) in [6, 6.07) is 15.0. The zero-order valence-electron chi connectivity index (χ0n) is 24.8. The SMILES string of the molecule is CCCCCCCCCCOC(=O)c1ccccc1SSc1ccccc1C(=O)OCCCCCCCCCC. The van der Waals surface area contributed by atoms with Crippen LogP contribution in [0.2, 0.25) is 0 Å². The summed E-state index contributed by atoms with van der Waals surface area (Å²) in [4.78, 5) is 27.3. The highest BCUT2D eigenvalue weighted by molar-refractivity contribution is 8.76. The summed E-state index contributed by atoms with van der Waals surface area (Å²) < 4.78 is 11.2. The molecule has 0 fully saturated rings. The molecule has 0 aliphatic heterocycles. The van der Waals surface area contributed by atoms with Crippen LogP contribution in [-0.2, 0) is 9.47 Å². The zero-order valence-corrected chi connectivity index (χ0v) is 26.4. The third kappa shape index (κ3) is 14.6. The lowest BCUT2D eigenvalue weighted by Crippen LogP contribution is -2.08. The van der Waals surface area contributed by atoms with Crippen molar-refractivity contribution in [3.05, 3.63) is 59.7 Å². The summed E-state index contributed by atoms with van der Waals surface area (Å²) in [5.74, 6) is -0.575. The summed E-state index contributed by atoms with van der Waals surface area (Å²) in [5.41, 5.74) is 1.13. The second-order valence-corrected chi connectivity index (χ2v) is 12.6. The van der Waals surface area contributed by atoms with Crippen molar-refractivity contribution in [2.45, 2.75) is 126 Å². The van der Waals surface area contributed by atoms with E-state index in [-0.39, 0.29) is 11.9 Å². The molecule has 0 heterocycles. The molecule has 2 aromatic carbocycles. The van der Waals surface area contributed by atoms with Crippen molar-refractivity contribution in [2.75, 3.05) is 13.2 Å². The number of carbonyl (C=O) groups is 2. The molecule has 222 valence electrons. The van der Waals surface area contributed by atoms with Gasteiger partial charge in [0, 0.05) is 9.79 Å². The van der Waals surface area contributed by atoms with E-state index in [1.54, 1.807) is 0 Å². The van der Waals surface area contributed by atoms with Crippen molar-refractivity contribution < 1.29 is 19.1 Å². The maximum Gasteiger partial charge on any atom is 0.339 e. The molecule has 0 saturated carbocycles. The van der Waals surface area contributed by atoms with Gasteiger partial charge in [0.25, 0.3) is 0 Å². The molecule has 2 rings (SSSR count). The van der Waals surface area contributed by atoms with Gasteiger partial charge in [-0.1, -0.05) is 150 Å². The molecule has 2 aromatic rings. The Balaban J connectivity index is 1.76. The molecule has 0 unspecified atom stereocenters. The molecule has 6 heteroatoms. The first kappa shape index (κ1) is 34.3. The van der Waals surface area contributed by atoms with Crippen LogP contribution in [0.4, 0.5) is 0 Å². The first-order valence-electron chi connectivity index (χ1n) is 15.5. The lowest BCUT2D eigenvalue weighted by molar-refractivity contribution is 0.0484. The third-order valence-electron chi connectivity index (χ3n) is 6.90. The molecule has 0 amide bonds. The monoisotopic (exact) mass is 586 g/mol. The Hall–Kier alpha value is -1.92. The minimum Gasteiger partial charge on any atom is -0.462 e. The number of carbonyl (C=O) groups excluding carboxylic acids is 2. The van der Waals surface area contributed by atoms with E-state index in [2.05, 4.69) is 13.8 Å². The number of unbranched alkanes of at least 4 members (excludes halogenated alkanes) is 14. The van der Waals surface area contributed by atoms with Crippen LogP contribution >= 0.6 is 21.6 Å². The zero-order chi connectivity index (χ0) is 28.7. The highest BCUT2D eigenvalue weighted by Gasteiger charge is 2.17. The van der Waals surface area contributed by atoms with Gasteiger partial charge in [0.1, 0.15) is 0 Å². The van der Waals surface area contributed by atoms with Crippen molar-refractivity contribution in [3.63, 3.8) is 0 Å². The fourth-order valence-corrected chi connectivity index (χ4v) is 6.80. The van der Waals surface area contributed by atoms with E-state index in [1.807, 2.05) is 48.5 Å². The van der Waals surface area contributed by atoms with E-state index in [0.717, 1.165) is 35.5 Å². The molecule has 4 nitrogen and oxygen atoms in total. The van der Waals surface area contributed by atoms with Crippen LogP contribution in [0, 0.1) is 0 Å². The van der Waals surface area contributed by atoms with Gasteiger partial charge in [-0.15, -0.1) is 0 Å². The van der Waals surface area contributed by atoms with Crippen molar-refractivity contribution in [3.8, 4) is 0 Å². The minimum atomic E-state index is -0.287. The predicted molar refractivity (Wildman–Crippen MR) is 170 cm³/mol. The third-order valence-corrected chi connectivity index (χ3v) is 9.38. The van der Waals surface area contributed by atoms with E-state index < -0.39 is 0 Å². The van der Waals surface area contributed by atoms with E-state index in [0.29, 0.717) is 24.3 Å². The average Bonchev–Trinajstić information content (AvgIpc) is 2.98. The van der Waals surface area contributed by atoms with Crippen LogP contribution in [0.15, 0.2) is 58.3 Å². The normalized spacial score (nSPS) is 10.9. The number of ether oxygens (including phenoxy) is 2. The Morgan fingerprint density at radius 1 is 0.500 bits per heavy atom. The van der Waals surface area contributed by atoms with Gasteiger partial charge >= 0.3 is 11.9 Å². The highest BCUT2D eigenvalue weighted by atomic mass is 33.1. The first-order chi connectivity index (χ1) is 19.7. The van der Waals surface area contributed by atoms with Crippen LogP contribution in [0.5, 0.6) is 0 Å². The lowest BCUT2D eigenvalue weighted by atomic mass is 10.1. The number of benzene rings is 2. The summed E-state index contributed by atoms with van der Waals surface area (Å²) in [7, 11) is 2.94. The van der Waals surface area contributed by atoms with Crippen molar-refractivity contribution in [1.82, 2.24) is 0 Å². The van der Waals surface area contributed by atoms with Gasteiger partial charge in [0.15, 0.2) is 0 Å². The van der Waals surface area contributed by atoms with Gasteiger partial charge in [0.05, 0.1) is 24.3 Å². The van der Waals surface area contributed by atoms with Gasteiger partial charge < -0.3 is 9.47 Å². The molecule has 0 N–H and O–H groups in total. The van der Waals surface area contributed by atoms with Gasteiger partial charge in [-0.25, -0.2) is 9.59 Å². The molecule has 0 aliphatic rings. The lowest BCUT2D eigenvalue weighted by Gasteiger charge is -2.11. The van der Waals surface area contributed by atoms with Crippen molar-refractivity contribution >= 4 is 33.5 Å². The van der Waals surface area contributed by atoms with Gasteiger partial charge in [0.2, 0.25) is 0 Å². The van der Waals surface area contributed by atoms with Gasteiger partial charge in [-0.3, -0.25) is 0 Å². The van der Waals surface area contributed by atoms with E-state index >= 15 is 0 Å². The van der Waals surface area contributed by atoms with Crippen molar-refractivity contribution in [2.24, 2.45) is 0 Å². The maximum absolute atomic E-state index is 12.8. The molecular formula is C34H50O4S2. The van der Waals surface area contributed by atoms with Crippen LogP contribution in [0.3, 0.4) is 0 Å². The highest BCUT2D eigenvalue weighted by Crippen LogP contribution is 2.40. The van der Waals surface area contributed by atoms with Crippen molar-refractivity contribution in [1.29, 1.82) is 0 Å². The largest absolute Gasteiger partial charge is 0.462 e. The Bertz CT molecular complexity index is 885. The molecule has 0 bridgehead atoms. The first-order valence-corrected chi connectivity index (χ1v) is 17.7. The topological polar surface area (TPSA) is 52.6 Å². The van der Waals surface area contributed by atoms with Gasteiger partial charge in [-0.2, -0.15) is 0 Å². The quantitative estimate of drug-likeness (QED) is 0.0733. The number of hydrogen-bond acceptors (Lipinski definition) is 6. The van der Waals surface area contributed by atoms with Crippen LogP contribution in [0.25, 0.3) is 0 Å². The maximum atomic E-state index is 12.8. The minimum absolute atomic E-state index is 0.287. The number of rotatable bonds is 23. The molecule has 0 radical (unpaired) electrons. The Labute approximate surface area is 251 Å². The van der Waals surface area contributed by atoms with E-state index in [1.165, 1.54) is 98.6 Å². The van der Waals surface area contributed by atoms with Crippen LogP contribution in [-0.4, -0.2) is 25.2 Å². The fourth-order valence-electron chi connectivity index (χ4n) is 4.46.